The summed E-state index contributed by atoms with van der Waals surface area (Å²) in [5.41, 5.74) is 1.11. The van der Waals surface area contributed by atoms with Gasteiger partial charge in [-0.05, 0) is 12.1 Å². The first-order chi connectivity index (χ1) is 10.7. The molecule has 0 saturated heterocycles. The number of fused-ring (bicyclic) bond motifs is 1. The third-order valence-electron chi connectivity index (χ3n) is 3.18. The summed E-state index contributed by atoms with van der Waals surface area (Å²) >= 11 is 1.20. The number of benzene rings is 2. The maximum Gasteiger partial charge on any atom is 0.235 e. The summed E-state index contributed by atoms with van der Waals surface area (Å²) in [6.45, 7) is 0. The summed E-state index contributed by atoms with van der Waals surface area (Å²) in [7, 11) is 0. The Morgan fingerprint density at radius 2 is 1.77 bits per heavy atom. The molecule has 108 valence electrons. The van der Waals surface area contributed by atoms with Gasteiger partial charge in [0.1, 0.15) is 11.6 Å². The van der Waals surface area contributed by atoms with E-state index in [-0.39, 0.29) is 5.56 Å². The molecule has 0 radical (unpaired) electrons. The van der Waals surface area contributed by atoms with Gasteiger partial charge in [0.05, 0.1) is 0 Å². The Bertz CT molecular complexity index is 962. The first kappa shape index (κ1) is 13.0. The van der Waals surface area contributed by atoms with Crippen LogP contribution in [0.5, 0.6) is 0 Å². The average Bonchev–Trinajstić information content (AvgIpc) is 3.08. The Hall–Kier alpha value is -2.67. The fraction of sp³-hybridized carbons (Fsp3) is 0. The number of halogens is 2. The maximum absolute atomic E-state index is 13.9. The average molecular weight is 314 g/mol. The summed E-state index contributed by atoms with van der Waals surface area (Å²) in [6, 6.07) is 12.9. The van der Waals surface area contributed by atoms with Crippen molar-refractivity contribution in [2.45, 2.75) is 0 Å². The van der Waals surface area contributed by atoms with Crippen LogP contribution in [-0.4, -0.2) is 19.8 Å². The van der Waals surface area contributed by atoms with Crippen LogP contribution in [0.25, 0.3) is 26.9 Å². The van der Waals surface area contributed by atoms with Crippen LogP contribution in [0, 0.1) is 11.6 Å². The zero-order valence-electron chi connectivity index (χ0n) is 11.1. The van der Waals surface area contributed by atoms with Gasteiger partial charge in [-0.15, -0.1) is 10.2 Å². The minimum Gasteiger partial charge on any atom is -0.207 e. The third-order valence-corrected chi connectivity index (χ3v) is 4.12. The van der Waals surface area contributed by atoms with Gasteiger partial charge in [0.2, 0.25) is 4.96 Å². The second-order valence-electron chi connectivity index (χ2n) is 4.62. The number of nitrogens with zero attached hydrogens (tertiary/aromatic N) is 4. The van der Waals surface area contributed by atoms with E-state index in [1.165, 1.54) is 23.5 Å². The molecule has 0 aliphatic carbocycles. The number of hydrogen-bond acceptors (Lipinski definition) is 4. The second-order valence-corrected chi connectivity index (χ2v) is 5.57. The minimum atomic E-state index is -0.647. The van der Waals surface area contributed by atoms with E-state index >= 15 is 0 Å². The molecule has 0 amide bonds. The molecule has 7 heteroatoms. The predicted molar refractivity (Wildman–Crippen MR) is 79.4 cm³/mol. The Morgan fingerprint density at radius 1 is 0.955 bits per heavy atom. The SMILES string of the molecule is Fc1ccc(-c2nn3c(-c4ccccc4)nnc3s2)c(F)c1. The van der Waals surface area contributed by atoms with Crippen LogP contribution in [0.15, 0.2) is 48.5 Å². The molecule has 4 aromatic rings. The van der Waals surface area contributed by atoms with Gasteiger partial charge < -0.3 is 0 Å². The molecule has 22 heavy (non-hydrogen) atoms. The van der Waals surface area contributed by atoms with Crippen LogP contribution in [-0.2, 0) is 0 Å². The van der Waals surface area contributed by atoms with E-state index in [9.17, 15) is 8.78 Å². The van der Waals surface area contributed by atoms with Crippen molar-refractivity contribution < 1.29 is 8.78 Å². The lowest BCUT2D eigenvalue weighted by molar-refractivity contribution is 0.585. The van der Waals surface area contributed by atoms with Crippen molar-refractivity contribution in [2.24, 2.45) is 0 Å². The van der Waals surface area contributed by atoms with Gasteiger partial charge in [-0.3, -0.25) is 0 Å². The van der Waals surface area contributed by atoms with Crippen LogP contribution >= 0.6 is 11.3 Å². The van der Waals surface area contributed by atoms with Crippen LogP contribution in [0.4, 0.5) is 8.78 Å². The van der Waals surface area contributed by atoms with Crippen molar-refractivity contribution in [3.63, 3.8) is 0 Å². The van der Waals surface area contributed by atoms with Crippen LogP contribution in [0.1, 0.15) is 0 Å². The Balaban J connectivity index is 1.87. The van der Waals surface area contributed by atoms with Crippen molar-refractivity contribution in [1.29, 1.82) is 0 Å². The van der Waals surface area contributed by atoms with Crippen molar-refractivity contribution >= 4 is 16.3 Å². The normalized spacial score (nSPS) is 11.2. The van der Waals surface area contributed by atoms with Gasteiger partial charge in [-0.2, -0.15) is 9.61 Å². The molecule has 0 N–H and O–H groups in total. The number of aromatic nitrogens is 4. The molecule has 0 bridgehead atoms. The summed E-state index contributed by atoms with van der Waals surface area (Å²) in [5, 5.41) is 13.0. The third kappa shape index (κ3) is 2.06. The van der Waals surface area contributed by atoms with Gasteiger partial charge in [-0.1, -0.05) is 41.7 Å². The van der Waals surface area contributed by atoms with E-state index in [2.05, 4.69) is 15.3 Å². The molecule has 0 unspecified atom stereocenters. The van der Waals surface area contributed by atoms with E-state index in [1.807, 2.05) is 30.3 Å². The summed E-state index contributed by atoms with van der Waals surface area (Å²) in [5.74, 6) is -0.680. The Morgan fingerprint density at radius 3 is 2.55 bits per heavy atom. The van der Waals surface area contributed by atoms with Gasteiger partial charge in [0.25, 0.3) is 0 Å². The molecule has 2 aromatic heterocycles. The molecule has 0 atom stereocenters. The minimum absolute atomic E-state index is 0.246. The maximum atomic E-state index is 13.9. The fourth-order valence-corrected chi connectivity index (χ4v) is 3.02. The highest BCUT2D eigenvalue weighted by Crippen LogP contribution is 2.29. The summed E-state index contributed by atoms with van der Waals surface area (Å²) in [6.07, 6.45) is 0. The Kier molecular flexibility index (Phi) is 2.93. The highest BCUT2D eigenvalue weighted by Gasteiger charge is 2.16. The van der Waals surface area contributed by atoms with Gasteiger partial charge in [-0.25, -0.2) is 8.78 Å². The quantitative estimate of drug-likeness (QED) is 0.565. The molecule has 0 saturated carbocycles. The molecule has 0 fully saturated rings. The highest BCUT2D eigenvalue weighted by molar-refractivity contribution is 7.19. The van der Waals surface area contributed by atoms with E-state index < -0.39 is 11.6 Å². The van der Waals surface area contributed by atoms with E-state index in [0.29, 0.717) is 15.8 Å². The monoisotopic (exact) mass is 314 g/mol. The highest BCUT2D eigenvalue weighted by atomic mass is 32.1. The summed E-state index contributed by atoms with van der Waals surface area (Å²) in [4.78, 5) is 0.553. The molecule has 0 spiro atoms. The van der Waals surface area contributed by atoms with Crippen LogP contribution in [0.3, 0.4) is 0 Å². The van der Waals surface area contributed by atoms with E-state index in [0.717, 1.165) is 11.6 Å². The molecule has 0 aliphatic heterocycles. The largest absolute Gasteiger partial charge is 0.235 e. The van der Waals surface area contributed by atoms with E-state index in [1.54, 1.807) is 4.52 Å². The zero-order valence-corrected chi connectivity index (χ0v) is 11.9. The van der Waals surface area contributed by atoms with Crippen LogP contribution in [0.2, 0.25) is 0 Å². The first-order valence-corrected chi connectivity index (χ1v) is 7.27. The number of hydrogen-bond donors (Lipinski definition) is 0. The standard InChI is InChI=1S/C15H8F2N4S/c16-10-6-7-11(12(17)8-10)14-20-21-13(18-19-15(21)22-14)9-4-2-1-3-5-9/h1-8H. The lowest BCUT2D eigenvalue weighted by Crippen LogP contribution is -1.92. The molecule has 2 aromatic carbocycles. The second kappa shape index (κ2) is 4.96. The van der Waals surface area contributed by atoms with Crippen molar-refractivity contribution in [2.75, 3.05) is 0 Å². The van der Waals surface area contributed by atoms with Crippen molar-refractivity contribution in [1.82, 2.24) is 19.8 Å². The van der Waals surface area contributed by atoms with Gasteiger partial charge >= 0.3 is 0 Å². The Labute approximate surface area is 127 Å². The molecular formula is C15H8F2N4S. The molecule has 2 heterocycles. The first-order valence-electron chi connectivity index (χ1n) is 6.45. The molecular weight excluding hydrogens is 306 g/mol. The fourth-order valence-electron chi connectivity index (χ4n) is 2.16. The predicted octanol–water partition coefficient (Wildman–Crippen LogP) is 3.80. The van der Waals surface area contributed by atoms with Gasteiger partial charge in [0, 0.05) is 17.2 Å². The van der Waals surface area contributed by atoms with Crippen molar-refractivity contribution in [3.8, 4) is 22.0 Å². The van der Waals surface area contributed by atoms with E-state index in [4.69, 9.17) is 0 Å². The number of rotatable bonds is 2. The summed E-state index contributed by atoms with van der Waals surface area (Å²) < 4.78 is 28.5. The molecule has 0 aliphatic rings. The molecule has 4 nitrogen and oxygen atoms in total. The van der Waals surface area contributed by atoms with Crippen molar-refractivity contribution in [3.05, 3.63) is 60.2 Å². The lowest BCUT2D eigenvalue weighted by Gasteiger charge is -1.98. The van der Waals surface area contributed by atoms with Gasteiger partial charge in [0.15, 0.2) is 10.8 Å². The zero-order chi connectivity index (χ0) is 15.1. The van der Waals surface area contributed by atoms with Crippen LogP contribution < -0.4 is 0 Å². The smallest absolute Gasteiger partial charge is 0.207 e. The lowest BCUT2D eigenvalue weighted by atomic mass is 10.2. The topological polar surface area (TPSA) is 43.1 Å². The molecule has 4 rings (SSSR count).